The Morgan fingerprint density at radius 1 is 1.36 bits per heavy atom. The lowest BCUT2D eigenvalue weighted by molar-refractivity contribution is -0.384. The lowest BCUT2D eigenvalue weighted by Gasteiger charge is -2.07. The summed E-state index contributed by atoms with van der Waals surface area (Å²) < 4.78 is 7.28. The number of nitrogen functional groups attached to an aromatic ring is 1. The van der Waals surface area contributed by atoms with E-state index in [0.717, 1.165) is 11.9 Å². The minimum Gasteiger partial charge on any atom is -0.424 e. The maximum Gasteiger partial charge on any atom is 0.329 e. The van der Waals surface area contributed by atoms with Gasteiger partial charge in [-0.1, -0.05) is 6.07 Å². The summed E-state index contributed by atoms with van der Waals surface area (Å²) in [7, 11) is 0. The fourth-order valence-electron chi connectivity index (χ4n) is 1.79. The van der Waals surface area contributed by atoms with E-state index in [1.807, 2.05) is 6.07 Å². The number of benzene rings is 1. The molecule has 0 radical (unpaired) electrons. The van der Waals surface area contributed by atoms with Gasteiger partial charge in [-0.2, -0.15) is 9.97 Å². The van der Waals surface area contributed by atoms with Gasteiger partial charge >= 0.3 is 11.7 Å². The molecule has 0 saturated heterocycles. The summed E-state index contributed by atoms with van der Waals surface area (Å²) in [6.45, 7) is 0. The molecule has 9 nitrogen and oxygen atoms in total. The van der Waals surface area contributed by atoms with Crippen molar-refractivity contribution in [1.82, 2.24) is 19.5 Å². The Hall–Kier alpha value is -3.49. The molecule has 110 valence electrons. The largest absolute Gasteiger partial charge is 0.424 e. The highest BCUT2D eigenvalue weighted by Gasteiger charge is 2.15. The van der Waals surface area contributed by atoms with Gasteiger partial charge in [0, 0.05) is 18.5 Å². The van der Waals surface area contributed by atoms with E-state index in [4.69, 9.17) is 10.5 Å². The second-order valence-corrected chi connectivity index (χ2v) is 4.25. The third-order valence-corrected chi connectivity index (χ3v) is 2.80. The minimum absolute atomic E-state index is 0.0640. The third-order valence-electron chi connectivity index (χ3n) is 2.80. The van der Waals surface area contributed by atoms with Crippen LogP contribution >= 0.6 is 0 Å². The van der Waals surface area contributed by atoms with Gasteiger partial charge in [-0.05, 0) is 12.1 Å². The van der Waals surface area contributed by atoms with Crippen LogP contribution in [0, 0.1) is 10.1 Å². The van der Waals surface area contributed by atoms with Gasteiger partial charge in [0.1, 0.15) is 11.9 Å². The zero-order valence-electron chi connectivity index (χ0n) is 11.2. The summed E-state index contributed by atoms with van der Waals surface area (Å²) in [6, 6.07) is 7.06. The molecule has 2 aromatic heterocycles. The van der Waals surface area contributed by atoms with Crippen LogP contribution in [0.4, 0.5) is 11.5 Å². The van der Waals surface area contributed by atoms with Gasteiger partial charge in [0.2, 0.25) is 5.82 Å². The topological polar surface area (TPSA) is 122 Å². The molecule has 3 rings (SSSR count). The molecule has 0 aliphatic rings. The molecular formula is C13H10N6O3. The van der Waals surface area contributed by atoms with E-state index in [0.29, 0.717) is 5.75 Å². The van der Waals surface area contributed by atoms with Gasteiger partial charge in [-0.25, -0.2) is 4.98 Å². The molecule has 22 heavy (non-hydrogen) atoms. The highest BCUT2D eigenvalue weighted by atomic mass is 16.6. The van der Waals surface area contributed by atoms with Crippen LogP contribution < -0.4 is 10.5 Å². The molecule has 0 fully saturated rings. The molecule has 9 heteroatoms. The van der Waals surface area contributed by atoms with Gasteiger partial charge in [-0.3, -0.25) is 10.1 Å². The number of anilines is 1. The third kappa shape index (κ3) is 2.68. The monoisotopic (exact) mass is 298 g/mol. The summed E-state index contributed by atoms with van der Waals surface area (Å²) in [6.07, 6.45) is 6.12. The van der Waals surface area contributed by atoms with E-state index in [-0.39, 0.29) is 17.5 Å². The lowest BCUT2D eigenvalue weighted by Crippen LogP contribution is -2.02. The van der Waals surface area contributed by atoms with E-state index >= 15 is 0 Å². The minimum atomic E-state index is -0.654. The average molecular weight is 298 g/mol. The summed E-state index contributed by atoms with van der Waals surface area (Å²) in [5.41, 5.74) is 5.97. The van der Waals surface area contributed by atoms with Crippen LogP contribution in [0.2, 0.25) is 0 Å². The molecule has 0 aliphatic heterocycles. The van der Waals surface area contributed by atoms with Crippen LogP contribution in [0.25, 0.3) is 5.69 Å². The van der Waals surface area contributed by atoms with Gasteiger partial charge in [0.15, 0.2) is 0 Å². The molecule has 1 aromatic carbocycles. The predicted molar refractivity (Wildman–Crippen MR) is 76.7 cm³/mol. The smallest absolute Gasteiger partial charge is 0.329 e. The van der Waals surface area contributed by atoms with E-state index in [9.17, 15) is 10.1 Å². The van der Waals surface area contributed by atoms with Crippen molar-refractivity contribution in [2.24, 2.45) is 0 Å². The fourth-order valence-corrected chi connectivity index (χ4v) is 1.79. The summed E-state index contributed by atoms with van der Waals surface area (Å²) in [5, 5.41) is 10.7. The number of rotatable bonds is 4. The van der Waals surface area contributed by atoms with Crippen LogP contribution in [-0.2, 0) is 0 Å². The van der Waals surface area contributed by atoms with Gasteiger partial charge in [0.05, 0.1) is 16.9 Å². The Morgan fingerprint density at radius 3 is 2.91 bits per heavy atom. The van der Waals surface area contributed by atoms with Crippen molar-refractivity contribution in [3.63, 3.8) is 0 Å². The number of hydrogen-bond donors (Lipinski definition) is 1. The number of nitrogens with zero attached hydrogens (tertiary/aromatic N) is 5. The number of aromatic nitrogens is 4. The Balaban J connectivity index is 1.86. The Kier molecular flexibility index (Phi) is 3.36. The molecule has 0 atom stereocenters. The van der Waals surface area contributed by atoms with Crippen molar-refractivity contribution in [2.45, 2.75) is 0 Å². The maximum atomic E-state index is 10.7. The second kappa shape index (κ2) is 5.48. The lowest BCUT2D eigenvalue weighted by atomic mass is 10.3. The Bertz CT molecular complexity index is 818. The highest BCUT2D eigenvalue weighted by Crippen LogP contribution is 2.24. The molecule has 0 amide bonds. The first kappa shape index (κ1) is 13.5. The van der Waals surface area contributed by atoms with Crippen LogP contribution in [0.15, 0.2) is 49.2 Å². The van der Waals surface area contributed by atoms with E-state index < -0.39 is 4.92 Å². The van der Waals surface area contributed by atoms with Crippen LogP contribution in [-0.4, -0.2) is 24.4 Å². The summed E-state index contributed by atoms with van der Waals surface area (Å²) in [4.78, 5) is 21.5. The van der Waals surface area contributed by atoms with Crippen LogP contribution in [0.5, 0.6) is 11.8 Å². The van der Waals surface area contributed by atoms with Gasteiger partial charge in [-0.15, -0.1) is 0 Å². The molecule has 0 unspecified atom stereocenters. The normalized spacial score (nSPS) is 10.4. The van der Waals surface area contributed by atoms with Crippen molar-refractivity contribution < 1.29 is 9.66 Å². The average Bonchev–Trinajstić information content (AvgIpc) is 3.01. The van der Waals surface area contributed by atoms with Crippen LogP contribution in [0.1, 0.15) is 0 Å². The molecule has 2 heterocycles. The maximum absolute atomic E-state index is 10.7. The zero-order valence-corrected chi connectivity index (χ0v) is 11.2. The molecule has 0 bridgehead atoms. The number of hydrogen-bond acceptors (Lipinski definition) is 7. The first-order valence-electron chi connectivity index (χ1n) is 6.16. The second-order valence-electron chi connectivity index (χ2n) is 4.25. The molecule has 0 spiro atoms. The molecule has 0 aliphatic carbocycles. The van der Waals surface area contributed by atoms with Gasteiger partial charge in [0.25, 0.3) is 0 Å². The Morgan fingerprint density at radius 2 is 2.23 bits per heavy atom. The molecular weight excluding hydrogens is 288 g/mol. The number of imidazole rings is 1. The summed E-state index contributed by atoms with van der Waals surface area (Å²) >= 11 is 0. The standard InChI is InChI=1S/C13H10N6O3/c14-12-11(19(20)21)7-16-13(17-12)22-10-3-1-2-9(6-10)18-5-4-15-8-18/h1-8H,(H2,14,16,17). The quantitative estimate of drug-likeness (QED) is 0.576. The first-order valence-corrected chi connectivity index (χ1v) is 6.16. The molecule has 3 aromatic rings. The Labute approximate surface area is 124 Å². The van der Waals surface area contributed by atoms with E-state index in [1.165, 1.54) is 0 Å². The summed E-state index contributed by atoms with van der Waals surface area (Å²) in [5.74, 6) is 0.222. The number of ether oxygens (including phenoxy) is 1. The van der Waals surface area contributed by atoms with Crippen molar-refractivity contribution in [3.8, 4) is 17.4 Å². The highest BCUT2D eigenvalue weighted by molar-refractivity contribution is 5.51. The van der Waals surface area contributed by atoms with Crippen molar-refractivity contribution in [3.05, 3.63) is 59.3 Å². The fraction of sp³-hybridized carbons (Fsp3) is 0. The SMILES string of the molecule is Nc1nc(Oc2cccc(-n3ccnc3)c2)ncc1[N+](=O)[O-]. The first-order chi connectivity index (χ1) is 10.6. The van der Waals surface area contributed by atoms with Gasteiger partial charge < -0.3 is 15.0 Å². The zero-order chi connectivity index (χ0) is 15.5. The predicted octanol–water partition coefficient (Wildman–Crippen LogP) is 1.94. The van der Waals surface area contributed by atoms with Crippen molar-refractivity contribution in [1.29, 1.82) is 0 Å². The van der Waals surface area contributed by atoms with Crippen molar-refractivity contribution >= 4 is 11.5 Å². The van der Waals surface area contributed by atoms with Crippen molar-refractivity contribution in [2.75, 3.05) is 5.73 Å². The number of nitrogens with two attached hydrogens (primary N) is 1. The number of nitro groups is 1. The van der Waals surface area contributed by atoms with E-state index in [1.54, 1.807) is 41.5 Å². The van der Waals surface area contributed by atoms with E-state index in [2.05, 4.69) is 15.0 Å². The molecule has 0 saturated carbocycles. The molecule has 2 N–H and O–H groups in total. The van der Waals surface area contributed by atoms with Crippen LogP contribution in [0.3, 0.4) is 0 Å².